The van der Waals surface area contributed by atoms with E-state index < -0.39 is 0 Å². The zero-order valence-electron chi connectivity index (χ0n) is 9.28. The Morgan fingerprint density at radius 3 is 2.64 bits per heavy atom. The summed E-state index contributed by atoms with van der Waals surface area (Å²) < 4.78 is 0. The smallest absolute Gasteiger partial charge is 0.131 e. The molecule has 0 radical (unpaired) electrons. The Kier molecular flexibility index (Phi) is 3.47. The largest absolute Gasteiger partial charge is 0.392 e. The zero-order chi connectivity index (χ0) is 10.7. The van der Waals surface area contributed by atoms with E-state index in [2.05, 4.69) is 11.1 Å². The number of anilines is 1. The van der Waals surface area contributed by atoms with Crippen LogP contribution in [0.2, 0.25) is 0 Å². The summed E-state index contributed by atoms with van der Waals surface area (Å²) in [5.74, 6) is 0.941. The van der Waals surface area contributed by atoms with Gasteiger partial charge in [0, 0.05) is 19.8 Å². The van der Waals surface area contributed by atoms with Crippen molar-refractivity contribution in [2.75, 3.05) is 18.5 Å². The predicted octanol–water partition coefficient (Wildman–Crippen LogP) is 1.52. The van der Waals surface area contributed by atoms with Crippen LogP contribution in [-0.4, -0.2) is 29.8 Å². The summed E-state index contributed by atoms with van der Waals surface area (Å²) in [6.45, 7) is 6.45. The molecule has 1 aromatic heterocycles. The first-order valence-corrected chi connectivity index (χ1v) is 4.83. The molecule has 0 aliphatic heterocycles. The molecule has 1 N–H and O–H groups in total. The quantitative estimate of drug-likeness (QED) is 0.792. The molecule has 0 aliphatic rings. The number of aromatic nitrogens is 1. The molecule has 14 heavy (non-hydrogen) atoms. The lowest BCUT2D eigenvalue weighted by atomic mass is 10.2. The van der Waals surface area contributed by atoms with Gasteiger partial charge in [-0.2, -0.15) is 0 Å². The molecule has 1 aromatic rings. The number of nitrogens with zero attached hydrogens (tertiary/aromatic N) is 2. The Labute approximate surface area is 85.4 Å². The van der Waals surface area contributed by atoms with Crippen LogP contribution >= 0.6 is 0 Å². The molecule has 0 aliphatic carbocycles. The van der Waals surface area contributed by atoms with Crippen LogP contribution in [0.5, 0.6) is 0 Å². The van der Waals surface area contributed by atoms with E-state index in [1.165, 1.54) is 0 Å². The van der Waals surface area contributed by atoms with Crippen molar-refractivity contribution < 1.29 is 5.11 Å². The minimum absolute atomic E-state index is 0.331. The molecule has 1 rings (SSSR count). The first-order valence-electron chi connectivity index (χ1n) is 4.83. The van der Waals surface area contributed by atoms with E-state index in [9.17, 15) is 5.11 Å². The molecule has 0 amide bonds. The molecule has 3 nitrogen and oxygen atoms in total. The average Bonchev–Trinajstić information content (AvgIpc) is 2.01. The molecule has 0 spiro atoms. The van der Waals surface area contributed by atoms with Gasteiger partial charge < -0.3 is 10.0 Å². The van der Waals surface area contributed by atoms with Gasteiger partial charge in [-0.3, -0.25) is 0 Å². The summed E-state index contributed by atoms with van der Waals surface area (Å²) >= 11 is 0. The van der Waals surface area contributed by atoms with Crippen molar-refractivity contribution in [3.05, 3.63) is 23.4 Å². The van der Waals surface area contributed by atoms with Crippen molar-refractivity contribution in [2.45, 2.75) is 26.9 Å². The molecule has 1 heterocycles. The van der Waals surface area contributed by atoms with Crippen molar-refractivity contribution in [2.24, 2.45) is 0 Å². The van der Waals surface area contributed by atoms with Crippen LogP contribution in [0.3, 0.4) is 0 Å². The highest BCUT2D eigenvalue weighted by Gasteiger charge is 2.08. The summed E-state index contributed by atoms with van der Waals surface area (Å²) in [5, 5.41) is 9.26. The van der Waals surface area contributed by atoms with Crippen LogP contribution < -0.4 is 4.90 Å². The highest BCUT2D eigenvalue weighted by Crippen LogP contribution is 2.16. The van der Waals surface area contributed by atoms with Crippen LogP contribution in [0.15, 0.2) is 12.3 Å². The fourth-order valence-electron chi connectivity index (χ4n) is 1.59. The van der Waals surface area contributed by atoms with Gasteiger partial charge in [-0.25, -0.2) is 4.98 Å². The van der Waals surface area contributed by atoms with Crippen molar-refractivity contribution in [3.8, 4) is 0 Å². The van der Waals surface area contributed by atoms with Gasteiger partial charge in [-0.1, -0.05) is 6.07 Å². The number of hydrogen-bond acceptors (Lipinski definition) is 3. The topological polar surface area (TPSA) is 36.4 Å². The number of rotatable bonds is 3. The first-order chi connectivity index (χ1) is 6.50. The van der Waals surface area contributed by atoms with Gasteiger partial charge in [0.1, 0.15) is 5.82 Å². The molecule has 78 valence electrons. The van der Waals surface area contributed by atoms with Crippen LogP contribution in [0.1, 0.15) is 18.1 Å². The maximum absolute atomic E-state index is 9.26. The standard InChI is InChI=1S/C11H18N2O/c1-8-5-9(2)11(12-6-8)13(4)7-10(3)14/h5-6,10,14H,7H2,1-4H3. The molecular formula is C11H18N2O. The highest BCUT2D eigenvalue weighted by molar-refractivity contribution is 5.46. The number of aliphatic hydroxyl groups excluding tert-OH is 1. The second-order valence-electron chi connectivity index (χ2n) is 3.88. The Balaban J connectivity index is 2.84. The van der Waals surface area contributed by atoms with Crippen LogP contribution in [0.4, 0.5) is 5.82 Å². The van der Waals surface area contributed by atoms with E-state index in [1.54, 1.807) is 6.92 Å². The van der Waals surface area contributed by atoms with Crippen molar-refractivity contribution in [1.29, 1.82) is 0 Å². The van der Waals surface area contributed by atoms with Crippen molar-refractivity contribution in [1.82, 2.24) is 4.98 Å². The Morgan fingerprint density at radius 1 is 1.50 bits per heavy atom. The summed E-state index contributed by atoms with van der Waals surface area (Å²) in [6.07, 6.45) is 1.52. The molecule has 0 aromatic carbocycles. The van der Waals surface area contributed by atoms with Gasteiger partial charge in [-0.15, -0.1) is 0 Å². The Bertz CT molecular complexity index is 310. The predicted molar refractivity (Wildman–Crippen MR) is 58.7 cm³/mol. The van der Waals surface area contributed by atoms with Gasteiger partial charge in [0.25, 0.3) is 0 Å². The molecular weight excluding hydrogens is 176 g/mol. The first kappa shape index (κ1) is 11.0. The van der Waals surface area contributed by atoms with Crippen LogP contribution in [0.25, 0.3) is 0 Å². The fourth-order valence-corrected chi connectivity index (χ4v) is 1.59. The molecule has 1 unspecified atom stereocenters. The van der Waals surface area contributed by atoms with Gasteiger partial charge >= 0.3 is 0 Å². The van der Waals surface area contributed by atoms with Crippen molar-refractivity contribution >= 4 is 5.82 Å². The molecule has 0 saturated heterocycles. The highest BCUT2D eigenvalue weighted by atomic mass is 16.3. The lowest BCUT2D eigenvalue weighted by molar-refractivity contribution is 0.201. The number of likely N-dealkylation sites (N-methyl/N-ethyl adjacent to an activating group) is 1. The zero-order valence-corrected chi connectivity index (χ0v) is 9.28. The fraction of sp³-hybridized carbons (Fsp3) is 0.545. The maximum atomic E-state index is 9.26. The Morgan fingerprint density at radius 2 is 2.14 bits per heavy atom. The summed E-state index contributed by atoms with van der Waals surface area (Å²) in [7, 11) is 1.94. The number of aliphatic hydroxyl groups is 1. The third kappa shape index (κ3) is 2.70. The minimum atomic E-state index is -0.331. The summed E-state index contributed by atoms with van der Waals surface area (Å²) in [5.41, 5.74) is 2.31. The van der Waals surface area contributed by atoms with E-state index >= 15 is 0 Å². The van der Waals surface area contributed by atoms with Gasteiger partial charge in [0.05, 0.1) is 6.10 Å². The lowest BCUT2D eigenvalue weighted by Crippen LogP contribution is -2.28. The molecule has 0 bridgehead atoms. The van der Waals surface area contributed by atoms with E-state index in [-0.39, 0.29) is 6.10 Å². The Hall–Kier alpha value is -1.09. The van der Waals surface area contributed by atoms with E-state index in [1.807, 2.05) is 32.0 Å². The molecule has 1 atom stereocenters. The normalized spacial score (nSPS) is 12.6. The summed E-state index contributed by atoms with van der Waals surface area (Å²) in [6, 6.07) is 2.10. The molecule has 0 fully saturated rings. The number of hydrogen-bond donors (Lipinski definition) is 1. The molecule has 3 heteroatoms. The second-order valence-corrected chi connectivity index (χ2v) is 3.88. The van der Waals surface area contributed by atoms with E-state index in [0.717, 1.165) is 16.9 Å². The third-order valence-corrected chi connectivity index (χ3v) is 2.09. The maximum Gasteiger partial charge on any atom is 0.131 e. The summed E-state index contributed by atoms with van der Waals surface area (Å²) in [4.78, 5) is 6.32. The van der Waals surface area contributed by atoms with Crippen LogP contribution in [-0.2, 0) is 0 Å². The van der Waals surface area contributed by atoms with E-state index in [4.69, 9.17) is 0 Å². The van der Waals surface area contributed by atoms with Crippen LogP contribution in [0, 0.1) is 13.8 Å². The minimum Gasteiger partial charge on any atom is -0.392 e. The number of pyridine rings is 1. The average molecular weight is 194 g/mol. The number of aryl methyl sites for hydroxylation is 2. The van der Waals surface area contributed by atoms with Gasteiger partial charge in [0.15, 0.2) is 0 Å². The molecule has 0 saturated carbocycles. The lowest BCUT2D eigenvalue weighted by Gasteiger charge is -2.21. The van der Waals surface area contributed by atoms with Gasteiger partial charge in [0.2, 0.25) is 0 Å². The van der Waals surface area contributed by atoms with Crippen molar-refractivity contribution in [3.63, 3.8) is 0 Å². The third-order valence-electron chi connectivity index (χ3n) is 2.09. The SMILES string of the molecule is Cc1cnc(N(C)CC(C)O)c(C)c1. The second kappa shape index (κ2) is 4.42. The van der Waals surface area contributed by atoms with Gasteiger partial charge in [-0.05, 0) is 31.9 Å². The monoisotopic (exact) mass is 194 g/mol. The van der Waals surface area contributed by atoms with E-state index in [0.29, 0.717) is 6.54 Å².